The van der Waals surface area contributed by atoms with Gasteiger partial charge in [0.25, 0.3) is 5.91 Å². The molecule has 1 unspecified atom stereocenters. The molecule has 0 bridgehead atoms. The molecule has 1 aromatic carbocycles. The Morgan fingerprint density at radius 1 is 1.32 bits per heavy atom. The Balaban J connectivity index is 2.18. The fraction of sp³-hybridized carbons (Fsp3) is 0.500. The minimum Gasteiger partial charge on any atom is -0.507 e. The van der Waals surface area contributed by atoms with Crippen LogP contribution in [0.25, 0.3) is 0 Å². The summed E-state index contributed by atoms with van der Waals surface area (Å²) in [6, 6.07) is 4.37. The molecule has 1 atom stereocenters. The number of rotatable bonds is 4. The van der Waals surface area contributed by atoms with E-state index in [0.717, 1.165) is 19.3 Å². The number of aromatic hydroxyl groups is 2. The fourth-order valence-electron chi connectivity index (χ4n) is 2.62. The minimum atomic E-state index is -0.337. The lowest BCUT2D eigenvalue weighted by Crippen LogP contribution is -2.35. The van der Waals surface area contributed by atoms with Crippen molar-refractivity contribution in [1.82, 2.24) is 4.90 Å². The maximum atomic E-state index is 12.4. The van der Waals surface area contributed by atoms with Crippen LogP contribution in [0.15, 0.2) is 18.2 Å². The van der Waals surface area contributed by atoms with Crippen LogP contribution in [0.5, 0.6) is 11.5 Å². The number of carbonyl (C=O) groups is 1. The van der Waals surface area contributed by atoms with Gasteiger partial charge >= 0.3 is 0 Å². The van der Waals surface area contributed by atoms with Crippen molar-refractivity contribution in [1.29, 1.82) is 0 Å². The van der Waals surface area contributed by atoms with Crippen LogP contribution < -0.4 is 0 Å². The highest BCUT2D eigenvalue weighted by molar-refractivity contribution is 5.99. The van der Waals surface area contributed by atoms with Gasteiger partial charge in [0.05, 0.1) is 0 Å². The van der Waals surface area contributed by atoms with Crippen LogP contribution in [0.1, 0.15) is 36.0 Å². The Bertz CT molecular complexity index is 441. The van der Waals surface area contributed by atoms with E-state index < -0.39 is 0 Å². The molecule has 19 heavy (non-hydrogen) atoms. The van der Waals surface area contributed by atoms with E-state index in [1.807, 2.05) is 0 Å². The Morgan fingerprint density at radius 2 is 2.00 bits per heavy atom. The number of aliphatic hydroxyl groups excluding tert-OH is 1. The Labute approximate surface area is 112 Å². The normalized spacial score (nSPS) is 18.8. The van der Waals surface area contributed by atoms with E-state index in [4.69, 9.17) is 5.11 Å². The number of hydrogen-bond acceptors (Lipinski definition) is 4. The molecular formula is C14H19NO4. The van der Waals surface area contributed by atoms with E-state index in [1.165, 1.54) is 18.2 Å². The molecule has 3 N–H and O–H groups in total. The SMILES string of the molecule is O=C(c1c(O)cccc1O)N1CCCC1CCCO. The highest BCUT2D eigenvalue weighted by atomic mass is 16.3. The highest BCUT2D eigenvalue weighted by Crippen LogP contribution is 2.31. The van der Waals surface area contributed by atoms with E-state index in [-0.39, 0.29) is 35.6 Å². The van der Waals surface area contributed by atoms with Crippen molar-refractivity contribution < 1.29 is 20.1 Å². The molecule has 5 heteroatoms. The summed E-state index contributed by atoms with van der Waals surface area (Å²) in [5.41, 5.74) is -0.0293. The van der Waals surface area contributed by atoms with Gasteiger partial charge in [-0.15, -0.1) is 0 Å². The van der Waals surface area contributed by atoms with E-state index >= 15 is 0 Å². The zero-order valence-corrected chi connectivity index (χ0v) is 10.7. The molecule has 0 spiro atoms. The van der Waals surface area contributed by atoms with Crippen LogP contribution in [0.2, 0.25) is 0 Å². The van der Waals surface area contributed by atoms with E-state index in [0.29, 0.717) is 13.0 Å². The average molecular weight is 265 g/mol. The summed E-state index contributed by atoms with van der Waals surface area (Å²) in [6.45, 7) is 0.739. The van der Waals surface area contributed by atoms with Gasteiger partial charge in [-0.05, 0) is 37.8 Å². The van der Waals surface area contributed by atoms with E-state index in [1.54, 1.807) is 4.90 Å². The first-order valence-corrected chi connectivity index (χ1v) is 6.58. The molecule has 1 aromatic rings. The number of amides is 1. The zero-order valence-electron chi connectivity index (χ0n) is 10.7. The van der Waals surface area contributed by atoms with Crippen LogP contribution in [0.4, 0.5) is 0 Å². The summed E-state index contributed by atoms with van der Waals surface area (Å²) in [6.07, 6.45) is 3.22. The topological polar surface area (TPSA) is 81.0 Å². The smallest absolute Gasteiger partial charge is 0.261 e. The lowest BCUT2D eigenvalue weighted by molar-refractivity contribution is 0.0718. The van der Waals surface area contributed by atoms with Crippen molar-refractivity contribution >= 4 is 5.91 Å². The number of phenolic OH excluding ortho intramolecular Hbond substituents is 2. The molecular weight excluding hydrogens is 246 g/mol. The summed E-state index contributed by atoms with van der Waals surface area (Å²) < 4.78 is 0. The number of aliphatic hydroxyl groups is 1. The van der Waals surface area contributed by atoms with E-state index in [9.17, 15) is 15.0 Å². The number of carbonyl (C=O) groups excluding carboxylic acids is 1. The molecule has 1 fully saturated rings. The number of hydrogen-bond donors (Lipinski definition) is 3. The average Bonchev–Trinajstić information content (AvgIpc) is 2.84. The molecule has 2 rings (SSSR count). The standard InChI is InChI=1S/C14H19NO4/c16-9-3-5-10-4-2-8-15(10)14(19)13-11(17)6-1-7-12(13)18/h1,6-7,10,16-18H,2-5,8-9H2. The number of phenols is 2. The molecule has 1 aliphatic heterocycles. The summed E-state index contributed by atoms with van der Waals surface area (Å²) >= 11 is 0. The Morgan fingerprint density at radius 3 is 2.63 bits per heavy atom. The molecule has 5 nitrogen and oxygen atoms in total. The van der Waals surface area contributed by atoms with Crippen molar-refractivity contribution in [2.45, 2.75) is 31.7 Å². The lowest BCUT2D eigenvalue weighted by Gasteiger charge is -2.25. The predicted octanol–water partition coefficient (Wildman–Crippen LogP) is 1.47. The lowest BCUT2D eigenvalue weighted by atomic mass is 10.1. The minimum absolute atomic E-state index is 0.0293. The second-order valence-electron chi connectivity index (χ2n) is 4.83. The maximum absolute atomic E-state index is 12.4. The first kappa shape index (κ1) is 13.7. The van der Waals surface area contributed by atoms with Gasteiger partial charge in [0, 0.05) is 19.2 Å². The quantitative estimate of drug-likeness (QED) is 0.770. The second kappa shape index (κ2) is 5.93. The van der Waals surface area contributed by atoms with Crippen molar-refractivity contribution in [2.24, 2.45) is 0 Å². The van der Waals surface area contributed by atoms with Crippen LogP contribution in [0, 0.1) is 0 Å². The molecule has 0 aromatic heterocycles. The van der Waals surface area contributed by atoms with Crippen molar-refractivity contribution in [2.75, 3.05) is 13.2 Å². The number of nitrogens with zero attached hydrogens (tertiary/aromatic N) is 1. The summed E-state index contributed by atoms with van der Waals surface area (Å²) in [5, 5.41) is 28.3. The monoisotopic (exact) mass is 265 g/mol. The van der Waals surface area contributed by atoms with Gasteiger partial charge in [0.15, 0.2) is 0 Å². The second-order valence-corrected chi connectivity index (χ2v) is 4.83. The molecule has 1 amide bonds. The van der Waals surface area contributed by atoms with E-state index in [2.05, 4.69) is 0 Å². The first-order valence-electron chi connectivity index (χ1n) is 6.58. The largest absolute Gasteiger partial charge is 0.507 e. The molecule has 0 radical (unpaired) electrons. The molecule has 0 aliphatic carbocycles. The van der Waals surface area contributed by atoms with Crippen molar-refractivity contribution in [3.05, 3.63) is 23.8 Å². The highest BCUT2D eigenvalue weighted by Gasteiger charge is 2.31. The predicted molar refractivity (Wildman–Crippen MR) is 70.1 cm³/mol. The van der Waals surface area contributed by atoms with Crippen molar-refractivity contribution in [3.63, 3.8) is 0 Å². The summed E-state index contributed by atoms with van der Waals surface area (Å²) in [5.74, 6) is -0.730. The third-order valence-electron chi connectivity index (χ3n) is 3.57. The molecule has 1 aliphatic rings. The summed E-state index contributed by atoms with van der Waals surface area (Å²) in [4.78, 5) is 14.1. The molecule has 1 heterocycles. The Kier molecular flexibility index (Phi) is 4.27. The van der Waals surface area contributed by atoms with Crippen LogP contribution in [-0.4, -0.2) is 45.3 Å². The molecule has 104 valence electrons. The van der Waals surface area contributed by atoms with Gasteiger partial charge in [-0.3, -0.25) is 4.79 Å². The van der Waals surface area contributed by atoms with Gasteiger partial charge in [0.1, 0.15) is 17.1 Å². The first-order chi connectivity index (χ1) is 9.15. The maximum Gasteiger partial charge on any atom is 0.261 e. The summed E-state index contributed by atoms with van der Waals surface area (Å²) in [7, 11) is 0. The molecule has 0 saturated carbocycles. The van der Waals surface area contributed by atoms with Crippen LogP contribution in [-0.2, 0) is 0 Å². The molecule has 1 saturated heterocycles. The zero-order chi connectivity index (χ0) is 13.8. The van der Waals surface area contributed by atoms with Gasteiger partial charge in [0.2, 0.25) is 0 Å². The number of benzene rings is 1. The van der Waals surface area contributed by atoms with Crippen LogP contribution in [0.3, 0.4) is 0 Å². The number of likely N-dealkylation sites (tertiary alicyclic amines) is 1. The van der Waals surface area contributed by atoms with Gasteiger partial charge in [-0.25, -0.2) is 0 Å². The van der Waals surface area contributed by atoms with Crippen LogP contribution >= 0.6 is 0 Å². The van der Waals surface area contributed by atoms with Gasteiger partial charge < -0.3 is 20.2 Å². The van der Waals surface area contributed by atoms with Gasteiger partial charge in [-0.1, -0.05) is 6.07 Å². The van der Waals surface area contributed by atoms with Gasteiger partial charge in [-0.2, -0.15) is 0 Å². The van der Waals surface area contributed by atoms with Crippen molar-refractivity contribution in [3.8, 4) is 11.5 Å². The third-order valence-corrected chi connectivity index (χ3v) is 3.57. The Hall–Kier alpha value is -1.75. The third kappa shape index (κ3) is 2.81. The fourth-order valence-corrected chi connectivity index (χ4v) is 2.62.